The van der Waals surface area contributed by atoms with Crippen LogP contribution in [0.15, 0.2) is 22.7 Å². The lowest BCUT2D eigenvalue weighted by atomic mass is 10.1. The van der Waals surface area contributed by atoms with E-state index in [0.29, 0.717) is 12.5 Å². The molecule has 0 amide bonds. The molecule has 1 fully saturated rings. The van der Waals surface area contributed by atoms with Gasteiger partial charge in [0.2, 0.25) is 0 Å². The molecule has 1 N–H and O–H groups in total. The minimum Gasteiger partial charge on any atom is -0.319 e. The first-order valence-corrected chi connectivity index (χ1v) is 6.79. The fraction of sp³-hybridized carbons (Fsp3) is 0.538. The van der Waals surface area contributed by atoms with Gasteiger partial charge in [0.05, 0.1) is 0 Å². The fourth-order valence-electron chi connectivity index (χ4n) is 2.42. The standard InChI is InChI=1S/C13H18BrFN2/c1-16-7-10-4-5-17(8-10)9-11-6-12(14)2-3-13(11)15/h2-3,6,10,16H,4-5,7-9H2,1H3. The second kappa shape index (κ2) is 5.94. The molecule has 0 spiro atoms. The third kappa shape index (κ3) is 3.50. The molecule has 1 aromatic rings. The van der Waals surface area contributed by atoms with Crippen molar-refractivity contribution in [3.8, 4) is 0 Å². The quantitative estimate of drug-likeness (QED) is 0.920. The molecule has 4 heteroatoms. The maximum Gasteiger partial charge on any atom is 0.127 e. The van der Waals surface area contributed by atoms with Crippen LogP contribution in [0.2, 0.25) is 0 Å². The molecule has 0 radical (unpaired) electrons. The van der Waals surface area contributed by atoms with Crippen molar-refractivity contribution in [2.75, 3.05) is 26.7 Å². The van der Waals surface area contributed by atoms with Gasteiger partial charge >= 0.3 is 0 Å². The van der Waals surface area contributed by atoms with Crippen LogP contribution in [0.1, 0.15) is 12.0 Å². The summed E-state index contributed by atoms with van der Waals surface area (Å²) in [5.74, 6) is 0.598. The zero-order valence-electron chi connectivity index (χ0n) is 10.0. The van der Waals surface area contributed by atoms with Gasteiger partial charge in [-0.25, -0.2) is 4.39 Å². The first kappa shape index (κ1) is 13.0. The van der Waals surface area contributed by atoms with E-state index in [1.165, 1.54) is 12.5 Å². The van der Waals surface area contributed by atoms with E-state index in [9.17, 15) is 4.39 Å². The SMILES string of the molecule is CNCC1CCN(Cc2cc(Br)ccc2F)C1. The Morgan fingerprint density at radius 2 is 2.35 bits per heavy atom. The maximum atomic E-state index is 13.6. The highest BCUT2D eigenvalue weighted by atomic mass is 79.9. The van der Waals surface area contributed by atoms with Crippen molar-refractivity contribution in [2.24, 2.45) is 5.92 Å². The molecule has 1 unspecified atom stereocenters. The summed E-state index contributed by atoms with van der Waals surface area (Å²) in [5, 5.41) is 3.21. The van der Waals surface area contributed by atoms with E-state index in [2.05, 4.69) is 26.1 Å². The average molecular weight is 301 g/mol. The summed E-state index contributed by atoms with van der Waals surface area (Å²) in [6.45, 7) is 3.90. The molecule has 1 aliphatic heterocycles. The third-order valence-corrected chi connectivity index (χ3v) is 3.76. The van der Waals surface area contributed by atoms with E-state index in [4.69, 9.17) is 0 Å². The van der Waals surface area contributed by atoms with E-state index in [1.54, 1.807) is 6.07 Å². The number of hydrogen-bond acceptors (Lipinski definition) is 2. The van der Waals surface area contributed by atoms with Gasteiger partial charge in [0.25, 0.3) is 0 Å². The Kier molecular flexibility index (Phi) is 4.54. The summed E-state index contributed by atoms with van der Waals surface area (Å²) in [6.07, 6.45) is 1.20. The zero-order chi connectivity index (χ0) is 12.3. The van der Waals surface area contributed by atoms with Crippen LogP contribution in [0.4, 0.5) is 4.39 Å². The van der Waals surface area contributed by atoms with Crippen LogP contribution in [0.25, 0.3) is 0 Å². The van der Waals surface area contributed by atoms with Crippen molar-refractivity contribution in [3.63, 3.8) is 0 Å². The Labute approximate surface area is 110 Å². The zero-order valence-corrected chi connectivity index (χ0v) is 11.6. The van der Waals surface area contributed by atoms with Crippen molar-refractivity contribution >= 4 is 15.9 Å². The number of benzene rings is 1. The minimum absolute atomic E-state index is 0.106. The molecule has 1 heterocycles. The molecule has 0 bridgehead atoms. The van der Waals surface area contributed by atoms with Crippen LogP contribution in [0, 0.1) is 11.7 Å². The van der Waals surface area contributed by atoms with Crippen molar-refractivity contribution in [3.05, 3.63) is 34.1 Å². The average Bonchev–Trinajstić information content (AvgIpc) is 2.72. The first-order chi connectivity index (χ1) is 8.19. The molecule has 2 nitrogen and oxygen atoms in total. The van der Waals surface area contributed by atoms with Gasteiger partial charge in [-0.05, 0) is 50.7 Å². The van der Waals surface area contributed by atoms with Gasteiger partial charge in [0.15, 0.2) is 0 Å². The Morgan fingerprint density at radius 3 is 3.12 bits per heavy atom. The lowest BCUT2D eigenvalue weighted by molar-refractivity contribution is 0.310. The maximum absolute atomic E-state index is 13.6. The molecule has 94 valence electrons. The molecule has 17 heavy (non-hydrogen) atoms. The molecule has 1 aliphatic rings. The highest BCUT2D eigenvalue weighted by Gasteiger charge is 2.22. The van der Waals surface area contributed by atoms with E-state index in [1.807, 2.05) is 13.1 Å². The topological polar surface area (TPSA) is 15.3 Å². The second-order valence-corrected chi connectivity index (χ2v) is 5.60. The number of nitrogens with zero attached hydrogens (tertiary/aromatic N) is 1. The lowest BCUT2D eigenvalue weighted by Gasteiger charge is -2.16. The predicted octanol–water partition coefficient (Wildman–Crippen LogP) is 2.63. The normalized spacial score (nSPS) is 21.0. The molecule has 2 rings (SSSR count). The minimum atomic E-state index is -0.106. The summed E-state index contributed by atoms with van der Waals surface area (Å²) in [7, 11) is 1.98. The Balaban J connectivity index is 1.95. The van der Waals surface area contributed by atoms with Crippen LogP contribution in [0.5, 0.6) is 0 Å². The predicted molar refractivity (Wildman–Crippen MR) is 71.4 cm³/mol. The molecule has 1 aromatic carbocycles. The van der Waals surface area contributed by atoms with E-state index < -0.39 is 0 Å². The molecular formula is C13H18BrFN2. The smallest absolute Gasteiger partial charge is 0.127 e. The van der Waals surface area contributed by atoms with Crippen LogP contribution in [0.3, 0.4) is 0 Å². The van der Waals surface area contributed by atoms with Crippen LogP contribution < -0.4 is 5.32 Å². The molecule has 0 aliphatic carbocycles. The second-order valence-electron chi connectivity index (χ2n) is 4.68. The van der Waals surface area contributed by atoms with Crippen LogP contribution in [-0.2, 0) is 6.54 Å². The van der Waals surface area contributed by atoms with Gasteiger partial charge in [-0.15, -0.1) is 0 Å². The number of likely N-dealkylation sites (tertiary alicyclic amines) is 1. The number of hydrogen-bond donors (Lipinski definition) is 1. The summed E-state index contributed by atoms with van der Waals surface area (Å²) < 4.78 is 14.6. The summed E-state index contributed by atoms with van der Waals surface area (Å²) in [4.78, 5) is 2.33. The van der Waals surface area contributed by atoms with Gasteiger partial charge < -0.3 is 5.32 Å². The number of halogens is 2. The van der Waals surface area contributed by atoms with Crippen molar-refractivity contribution in [1.29, 1.82) is 0 Å². The van der Waals surface area contributed by atoms with Gasteiger partial charge in [-0.1, -0.05) is 15.9 Å². The Bertz CT molecular complexity index is 384. The van der Waals surface area contributed by atoms with Crippen molar-refractivity contribution < 1.29 is 4.39 Å². The molecule has 0 saturated carbocycles. The third-order valence-electron chi connectivity index (χ3n) is 3.26. The largest absolute Gasteiger partial charge is 0.319 e. The Morgan fingerprint density at radius 1 is 1.53 bits per heavy atom. The molecule has 1 atom stereocenters. The summed E-state index contributed by atoms with van der Waals surface area (Å²) in [5.41, 5.74) is 0.782. The summed E-state index contributed by atoms with van der Waals surface area (Å²) >= 11 is 3.39. The van der Waals surface area contributed by atoms with E-state index >= 15 is 0 Å². The highest BCUT2D eigenvalue weighted by Crippen LogP contribution is 2.21. The van der Waals surface area contributed by atoms with Gasteiger partial charge in [0.1, 0.15) is 5.82 Å². The van der Waals surface area contributed by atoms with Crippen LogP contribution >= 0.6 is 15.9 Å². The highest BCUT2D eigenvalue weighted by molar-refractivity contribution is 9.10. The first-order valence-electron chi connectivity index (χ1n) is 6.00. The van der Waals surface area contributed by atoms with Gasteiger partial charge in [-0.3, -0.25) is 4.90 Å². The van der Waals surface area contributed by atoms with Gasteiger partial charge in [0, 0.05) is 23.1 Å². The van der Waals surface area contributed by atoms with Crippen molar-refractivity contribution in [2.45, 2.75) is 13.0 Å². The monoisotopic (exact) mass is 300 g/mol. The van der Waals surface area contributed by atoms with E-state index in [0.717, 1.165) is 29.7 Å². The molecule has 1 saturated heterocycles. The molecular weight excluding hydrogens is 283 g/mol. The van der Waals surface area contributed by atoms with Crippen LogP contribution in [-0.4, -0.2) is 31.6 Å². The van der Waals surface area contributed by atoms with Gasteiger partial charge in [-0.2, -0.15) is 0 Å². The number of nitrogens with one attached hydrogen (secondary N) is 1. The Hall–Kier alpha value is -0.450. The summed E-state index contributed by atoms with van der Waals surface area (Å²) in [6, 6.07) is 5.15. The number of rotatable bonds is 4. The van der Waals surface area contributed by atoms with Crippen molar-refractivity contribution in [1.82, 2.24) is 10.2 Å². The lowest BCUT2D eigenvalue weighted by Crippen LogP contribution is -2.24. The molecule has 0 aromatic heterocycles. The van der Waals surface area contributed by atoms with E-state index in [-0.39, 0.29) is 5.82 Å². The fourth-order valence-corrected chi connectivity index (χ4v) is 2.83.